The van der Waals surface area contributed by atoms with Crippen molar-refractivity contribution >= 4 is 5.91 Å². The van der Waals surface area contributed by atoms with Crippen molar-refractivity contribution in [2.24, 2.45) is 0 Å². The van der Waals surface area contributed by atoms with Crippen LogP contribution in [0.3, 0.4) is 0 Å². The molecule has 1 amide bonds. The van der Waals surface area contributed by atoms with E-state index >= 15 is 0 Å². The van der Waals surface area contributed by atoms with Crippen LogP contribution in [0.2, 0.25) is 0 Å². The number of hydrogen-bond donors (Lipinski definition) is 1. The molecule has 1 aliphatic heterocycles. The van der Waals surface area contributed by atoms with Gasteiger partial charge >= 0.3 is 0 Å². The van der Waals surface area contributed by atoms with Crippen LogP contribution in [0.1, 0.15) is 25.3 Å². The lowest BCUT2D eigenvalue weighted by Crippen LogP contribution is -2.29. The van der Waals surface area contributed by atoms with Gasteiger partial charge in [0.2, 0.25) is 17.6 Å². The minimum Gasteiger partial charge on any atom is -0.391 e. The number of carbonyl (C=O) groups is 1. The van der Waals surface area contributed by atoms with Gasteiger partial charge in [-0.15, -0.1) is 0 Å². The van der Waals surface area contributed by atoms with Gasteiger partial charge in [0.15, 0.2) is 17.5 Å². The van der Waals surface area contributed by atoms with Crippen LogP contribution in [0.4, 0.5) is 13.2 Å². The fourth-order valence-electron chi connectivity index (χ4n) is 2.57. The van der Waals surface area contributed by atoms with E-state index in [4.69, 9.17) is 4.52 Å². The van der Waals surface area contributed by atoms with Crippen LogP contribution in [0.25, 0.3) is 11.4 Å². The smallest absolute Gasteiger partial charge is 0.249 e. The highest BCUT2D eigenvalue weighted by atomic mass is 19.2. The third kappa shape index (κ3) is 2.79. The highest BCUT2D eigenvalue weighted by Crippen LogP contribution is 2.32. The number of aliphatic hydroxyl groups excluding tert-OH is 1. The van der Waals surface area contributed by atoms with Crippen molar-refractivity contribution in [2.75, 3.05) is 6.54 Å². The summed E-state index contributed by atoms with van der Waals surface area (Å²) in [5.74, 6) is -4.69. The maximum atomic E-state index is 13.3. The predicted octanol–water partition coefficient (Wildman–Crippen LogP) is 1.81. The lowest BCUT2D eigenvalue weighted by atomic mass is 10.2. The molecule has 0 saturated carbocycles. The topological polar surface area (TPSA) is 79.5 Å². The largest absolute Gasteiger partial charge is 0.391 e. The fourth-order valence-corrected chi connectivity index (χ4v) is 2.57. The Kier molecular flexibility index (Phi) is 3.80. The zero-order valence-electron chi connectivity index (χ0n) is 12.0. The average Bonchev–Trinajstić information content (AvgIpc) is 3.10. The zero-order chi connectivity index (χ0) is 16.7. The summed E-state index contributed by atoms with van der Waals surface area (Å²) >= 11 is 0. The Morgan fingerprint density at radius 2 is 2.00 bits per heavy atom. The van der Waals surface area contributed by atoms with Crippen LogP contribution >= 0.6 is 0 Å². The van der Waals surface area contributed by atoms with Gasteiger partial charge in [-0.05, 0) is 12.1 Å². The van der Waals surface area contributed by atoms with Gasteiger partial charge in [-0.1, -0.05) is 5.16 Å². The number of halogens is 3. The normalized spacial score (nSPS) is 21.0. The molecule has 1 aliphatic rings. The van der Waals surface area contributed by atoms with Crippen molar-refractivity contribution in [2.45, 2.75) is 25.5 Å². The molecule has 6 nitrogen and oxygen atoms in total. The number of benzene rings is 1. The van der Waals surface area contributed by atoms with Crippen molar-refractivity contribution < 1.29 is 27.6 Å². The Bertz CT molecular complexity index is 742. The van der Waals surface area contributed by atoms with E-state index in [2.05, 4.69) is 10.1 Å². The molecular formula is C14H12F3N3O3. The zero-order valence-corrected chi connectivity index (χ0v) is 12.0. The second-order valence-electron chi connectivity index (χ2n) is 5.29. The molecular weight excluding hydrogens is 315 g/mol. The quantitative estimate of drug-likeness (QED) is 0.851. The third-order valence-electron chi connectivity index (χ3n) is 3.65. The molecule has 1 aromatic heterocycles. The summed E-state index contributed by atoms with van der Waals surface area (Å²) in [5, 5.41) is 13.3. The van der Waals surface area contributed by atoms with Crippen LogP contribution < -0.4 is 0 Å². The number of nitrogens with zero attached hydrogens (tertiary/aromatic N) is 3. The summed E-state index contributed by atoms with van der Waals surface area (Å²) in [4.78, 5) is 16.9. The van der Waals surface area contributed by atoms with E-state index < -0.39 is 29.6 Å². The molecule has 1 fully saturated rings. The average molecular weight is 327 g/mol. The Balaban J connectivity index is 1.93. The van der Waals surface area contributed by atoms with Crippen molar-refractivity contribution in [1.29, 1.82) is 0 Å². The van der Waals surface area contributed by atoms with E-state index in [0.717, 1.165) is 12.1 Å². The van der Waals surface area contributed by atoms with E-state index in [0.29, 0.717) is 0 Å². The molecule has 122 valence electrons. The molecule has 23 heavy (non-hydrogen) atoms. The number of carbonyl (C=O) groups excluding carboxylic acids is 1. The molecule has 2 atom stereocenters. The van der Waals surface area contributed by atoms with E-state index in [9.17, 15) is 23.1 Å². The second-order valence-corrected chi connectivity index (χ2v) is 5.29. The number of amides is 1. The predicted molar refractivity (Wildman–Crippen MR) is 70.4 cm³/mol. The van der Waals surface area contributed by atoms with Gasteiger partial charge in [0.25, 0.3) is 0 Å². The van der Waals surface area contributed by atoms with Gasteiger partial charge in [-0.25, -0.2) is 13.2 Å². The minimum absolute atomic E-state index is 0.0388. The number of β-amino-alcohol motifs (C(OH)–C–C–N with tert-alkyl or cyclic N) is 1. The molecule has 0 radical (unpaired) electrons. The van der Waals surface area contributed by atoms with Gasteiger partial charge in [0.05, 0.1) is 6.10 Å². The maximum Gasteiger partial charge on any atom is 0.249 e. The van der Waals surface area contributed by atoms with Crippen LogP contribution in [-0.2, 0) is 4.79 Å². The number of aromatic nitrogens is 2. The van der Waals surface area contributed by atoms with Crippen LogP contribution in [-0.4, -0.2) is 38.7 Å². The minimum atomic E-state index is -1.58. The lowest BCUT2D eigenvalue weighted by Gasteiger charge is -2.19. The Hall–Kier alpha value is -2.42. The highest BCUT2D eigenvalue weighted by molar-refractivity contribution is 5.74. The maximum absolute atomic E-state index is 13.3. The van der Waals surface area contributed by atoms with Crippen molar-refractivity contribution in [3.05, 3.63) is 35.5 Å². The van der Waals surface area contributed by atoms with Crippen LogP contribution in [0.15, 0.2) is 16.7 Å². The van der Waals surface area contributed by atoms with E-state index in [1.54, 1.807) is 0 Å². The van der Waals surface area contributed by atoms with Crippen molar-refractivity contribution in [3.63, 3.8) is 0 Å². The molecule has 0 bridgehead atoms. The summed E-state index contributed by atoms with van der Waals surface area (Å²) in [6.45, 7) is 1.48. The summed E-state index contributed by atoms with van der Waals surface area (Å²) < 4.78 is 44.5. The first-order valence-electron chi connectivity index (χ1n) is 6.80. The standard InChI is InChI=1S/C14H12F3N3O3/c1-6(21)20-5-8(22)4-11(20)14-18-13(19-23-14)7-2-9(15)12(17)10(16)3-7/h2-3,8,11,22H,4-5H2,1H3/t8-,11-/m0/s1. The molecule has 1 N–H and O–H groups in total. The summed E-state index contributed by atoms with van der Waals surface area (Å²) in [6.07, 6.45) is -0.507. The lowest BCUT2D eigenvalue weighted by molar-refractivity contribution is -0.130. The molecule has 1 aromatic carbocycles. The number of rotatable bonds is 2. The summed E-state index contributed by atoms with van der Waals surface area (Å²) in [6, 6.07) is 0.886. The van der Waals surface area contributed by atoms with Crippen LogP contribution in [0, 0.1) is 17.5 Å². The number of aliphatic hydroxyl groups is 1. The number of hydrogen-bond acceptors (Lipinski definition) is 5. The van der Waals surface area contributed by atoms with E-state index in [-0.39, 0.29) is 36.2 Å². The van der Waals surface area contributed by atoms with Crippen molar-refractivity contribution in [3.8, 4) is 11.4 Å². The van der Waals surface area contributed by atoms with Crippen LogP contribution in [0.5, 0.6) is 0 Å². The van der Waals surface area contributed by atoms with Crippen molar-refractivity contribution in [1.82, 2.24) is 15.0 Å². The first-order chi connectivity index (χ1) is 10.9. The second kappa shape index (κ2) is 5.65. The summed E-state index contributed by atoms with van der Waals surface area (Å²) in [7, 11) is 0. The molecule has 2 heterocycles. The molecule has 0 spiro atoms. The highest BCUT2D eigenvalue weighted by Gasteiger charge is 2.37. The molecule has 9 heteroatoms. The third-order valence-corrected chi connectivity index (χ3v) is 3.65. The molecule has 1 saturated heterocycles. The van der Waals surface area contributed by atoms with Gasteiger partial charge in [-0.3, -0.25) is 4.79 Å². The Morgan fingerprint density at radius 3 is 2.61 bits per heavy atom. The van der Waals surface area contributed by atoms with Gasteiger partial charge < -0.3 is 14.5 Å². The van der Waals surface area contributed by atoms with Gasteiger partial charge in [-0.2, -0.15) is 4.98 Å². The first kappa shape index (κ1) is 15.5. The SMILES string of the molecule is CC(=O)N1C[C@@H](O)C[C@H]1c1nc(-c2cc(F)c(F)c(F)c2)no1. The molecule has 0 aliphatic carbocycles. The van der Waals surface area contributed by atoms with Gasteiger partial charge in [0.1, 0.15) is 6.04 Å². The fraction of sp³-hybridized carbons (Fsp3) is 0.357. The monoisotopic (exact) mass is 327 g/mol. The van der Waals surface area contributed by atoms with Gasteiger partial charge in [0, 0.05) is 25.5 Å². The Labute approximate surface area is 128 Å². The first-order valence-corrected chi connectivity index (χ1v) is 6.80. The molecule has 3 rings (SSSR count). The Morgan fingerprint density at radius 1 is 1.35 bits per heavy atom. The molecule has 2 aromatic rings. The summed E-state index contributed by atoms with van der Waals surface area (Å²) in [5.41, 5.74) is -0.0932. The van der Waals surface area contributed by atoms with E-state index in [1.165, 1.54) is 11.8 Å². The van der Waals surface area contributed by atoms with E-state index in [1.807, 2.05) is 0 Å². The number of likely N-dealkylation sites (tertiary alicyclic amines) is 1. The molecule has 0 unspecified atom stereocenters.